The predicted molar refractivity (Wildman–Crippen MR) is 76.2 cm³/mol. The molecule has 1 atom stereocenters. The number of ether oxygens (including phenoxy) is 1. The van der Waals surface area contributed by atoms with Crippen molar-refractivity contribution in [2.75, 3.05) is 30.1 Å². The fourth-order valence-electron chi connectivity index (χ4n) is 2.19. The van der Waals surface area contributed by atoms with Crippen LogP contribution in [0.3, 0.4) is 0 Å². The highest BCUT2D eigenvalue weighted by Crippen LogP contribution is 2.22. The van der Waals surface area contributed by atoms with E-state index in [0.29, 0.717) is 12.6 Å². The fraction of sp³-hybridized carbons (Fsp3) is 0.692. The molecule has 0 saturated carbocycles. The van der Waals surface area contributed by atoms with E-state index < -0.39 is 0 Å². The lowest BCUT2D eigenvalue weighted by Gasteiger charge is -2.28. The second kappa shape index (κ2) is 6.38. The molecule has 1 saturated heterocycles. The number of anilines is 1. The summed E-state index contributed by atoms with van der Waals surface area (Å²) in [6.07, 6.45) is 1.22. The molecule has 0 spiro atoms. The molecule has 2 rings (SSSR count). The number of nitrogens with zero attached hydrogens (tertiary/aromatic N) is 3. The molecule has 4 nitrogen and oxygen atoms in total. The van der Waals surface area contributed by atoms with Crippen LogP contribution in [-0.2, 0) is 11.3 Å². The van der Waals surface area contributed by atoms with E-state index in [0.717, 1.165) is 23.9 Å². The van der Waals surface area contributed by atoms with Crippen molar-refractivity contribution in [1.82, 2.24) is 9.97 Å². The first-order chi connectivity index (χ1) is 8.70. The van der Waals surface area contributed by atoms with Crippen LogP contribution in [0.4, 0.5) is 5.82 Å². The highest BCUT2D eigenvalue weighted by Gasteiger charge is 2.19. The Morgan fingerprint density at radius 2 is 2.28 bits per heavy atom. The van der Waals surface area contributed by atoms with Crippen molar-refractivity contribution < 1.29 is 4.74 Å². The van der Waals surface area contributed by atoms with E-state index in [2.05, 4.69) is 27.9 Å². The maximum absolute atomic E-state index is 5.13. The van der Waals surface area contributed by atoms with Gasteiger partial charge in [-0.05, 0) is 26.0 Å². The lowest BCUT2D eigenvalue weighted by molar-refractivity contribution is 0.177. The lowest BCUT2D eigenvalue weighted by atomic mass is 10.2. The van der Waals surface area contributed by atoms with Crippen LogP contribution in [0.25, 0.3) is 0 Å². The van der Waals surface area contributed by atoms with Gasteiger partial charge in [0.1, 0.15) is 12.4 Å². The Kier molecular flexibility index (Phi) is 4.83. The van der Waals surface area contributed by atoms with Crippen molar-refractivity contribution in [2.45, 2.75) is 32.9 Å². The third kappa shape index (κ3) is 3.36. The molecule has 0 amide bonds. The average Bonchev–Trinajstić information content (AvgIpc) is 2.53. The Morgan fingerprint density at radius 3 is 3.06 bits per heavy atom. The Bertz CT molecular complexity index is 400. The van der Waals surface area contributed by atoms with Crippen LogP contribution < -0.4 is 4.90 Å². The van der Waals surface area contributed by atoms with Gasteiger partial charge in [0.05, 0.1) is 0 Å². The Hall–Kier alpha value is -0.810. The summed E-state index contributed by atoms with van der Waals surface area (Å²) < 4.78 is 5.13. The third-order valence-electron chi connectivity index (χ3n) is 3.14. The van der Waals surface area contributed by atoms with Gasteiger partial charge in [-0.1, -0.05) is 0 Å². The number of aromatic nitrogens is 2. The van der Waals surface area contributed by atoms with Gasteiger partial charge in [-0.15, -0.1) is 0 Å². The van der Waals surface area contributed by atoms with E-state index in [1.54, 1.807) is 7.11 Å². The highest BCUT2D eigenvalue weighted by atomic mass is 32.2. The number of rotatable bonds is 3. The Balaban J connectivity index is 2.24. The smallest absolute Gasteiger partial charge is 0.156 e. The first-order valence-corrected chi connectivity index (χ1v) is 7.54. The number of thioether (sulfide) groups is 1. The van der Waals surface area contributed by atoms with Gasteiger partial charge in [-0.2, -0.15) is 11.8 Å². The number of hydrogen-bond donors (Lipinski definition) is 0. The average molecular weight is 267 g/mol. The van der Waals surface area contributed by atoms with E-state index in [9.17, 15) is 0 Å². The molecule has 18 heavy (non-hydrogen) atoms. The van der Waals surface area contributed by atoms with E-state index in [1.165, 1.54) is 17.9 Å². The molecular formula is C13H21N3OS. The molecule has 1 unspecified atom stereocenters. The molecule has 5 heteroatoms. The molecule has 2 heterocycles. The van der Waals surface area contributed by atoms with Crippen molar-refractivity contribution in [2.24, 2.45) is 0 Å². The second-order valence-corrected chi connectivity index (χ2v) is 5.88. The highest BCUT2D eigenvalue weighted by molar-refractivity contribution is 7.99. The molecule has 1 aromatic rings. The van der Waals surface area contributed by atoms with Crippen LogP contribution in [0.15, 0.2) is 6.07 Å². The Labute approximate surface area is 113 Å². The van der Waals surface area contributed by atoms with E-state index >= 15 is 0 Å². The summed E-state index contributed by atoms with van der Waals surface area (Å²) in [4.78, 5) is 11.4. The number of aryl methyl sites for hydroxylation is 1. The molecule has 1 fully saturated rings. The minimum atomic E-state index is 0.478. The van der Waals surface area contributed by atoms with Crippen LogP contribution in [-0.4, -0.2) is 41.2 Å². The fourth-order valence-corrected chi connectivity index (χ4v) is 3.23. The van der Waals surface area contributed by atoms with Gasteiger partial charge in [-0.25, -0.2) is 9.97 Å². The molecule has 0 radical (unpaired) electrons. The summed E-state index contributed by atoms with van der Waals surface area (Å²) in [6.45, 7) is 5.83. The SMILES string of the molecule is COCc1nc(C)cc(N2CCSCCC2C)n1. The normalized spacial score (nSPS) is 20.8. The quantitative estimate of drug-likeness (QED) is 0.840. The van der Waals surface area contributed by atoms with Crippen LogP contribution in [0, 0.1) is 6.92 Å². The summed E-state index contributed by atoms with van der Waals surface area (Å²) in [6, 6.07) is 2.62. The first kappa shape index (κ1) is 13.6. The van der Waals surface area contributed by atoms with E-state index in [1.807, 2.05) is 18.7 Å². The van der Waals surface area contributed by atoms with Crippen molar-refractivity contribution in [3.63, 3.8) is 0 Å². The summed E-state index contributed by atoms with van der Waals surface area (Å²) in [7, 11) is 1.68. The topological polar surface area (TPSA) is 38.2 Å². The van der Waals surface area contributed by atoms with Gasteiger partial charge in [0, 0.05) is 37.2 Å². The predicted octanol–water partition coefficient (Wildman–Crippen LogP) is 2.26. The Morgan fingerprint density at radius 1 is 1.44 bits per heavy atom. The zero-order valence-corrected chi connectivity index (χ0v) is 12.2. The first-order valence-electron chi connectivity index (χ1n) is 6.38. The molecule has 1 aromatic heterocycles. The van der Waals surface area contributed by atoms with Crippen LogP contribution in [0.1, 0.15) is 24.9 Å². The largest absolute Gasteiger partial charge is 0.377 e. The second-order valence-electron chi connectivity index (χ2n) is 4.66. The molecule has 0 aliphatic carbocycles. The molecule has 0 aromatic carbocycles. The summed E-state index contributed by atoms with van der Waals surface area (Å²) in [5, 5.41) is 0. The van der Waals surface area contributed by atoms with Crippen molar-refractivity contribution in [1.29, 1.82) is 0 Å². The summed E-state index contributed by atoms with van der Waals surface area (Å²) in [5.74, 6) is 4.24. The van der Waals surface area contributed by atoms with Gasteiger partial charge in [0.15, 0.2) is 5.82 Å². The third-order valence-corrected chi connectivity index (χ3v) is 4.14. The molecule has 100 valence electrons. The molecule has 0 bridgehead atoms. The lowest BCUT2D eigenvalue weighted by Crippen LogP contribution is -2.34. The molecule has 1 aliphatic heterocycles. The van der Waals surface area contributed by atoms with Gasteiger partial charge in [0.2, 0.25) is 0 Å². The van der Waals surface area contributed by atoms with Crippen molar-refractivity contribution in [3.8, 4) is 0 Å². The van der Waals surface area contributed by atoms with Gasteiger partial charge < -0.3 is 9.64 Å². The van der Waals surface area contributed by atoms with Crippen LogP contribution in [0.5, 0.6) is 0 Å². The molecule has 0 N–H and O–H groups in total. The monoisotopic (exact) mass is 267 g/mol. The zero-order valence-electron chi connectivity index (χ0n) is 11.3. The van der Waals surface area contributed by atoms with Crippen molar-refractivity contribution >= 4 is 17.6 Å². The maximum atomic E-state index is 5.13. The van der Waals surface area contributed by atoms with Crippen molar-refractivity contribution in [3.05, 3.63) is 17.6 Å². The van der Waals surface area contributed by atoms with Crippen LogP contribution in [0.2, 0.25) is 0 Å². The van der Waals surface area contributed by atoms with Gasteiger partial charge in [-0.3, -0.25) is 0 Å². The molecule has 1 aliphatic rings. The minimum absolute atomic E-state index is 0.478. The molecular weight excluding hydrogens is 246 g/mol. The summed E-state index contributed by atoms with van der Waals surface area (Å²) in [5.41, 5.74) is 1.01. The summed E-state index contributed by atoms with van der Waals surface area (Å²) >= 11 is 2.03. The van der Waals surface area contributed by atoms with Crippen LogP contribution >= 0.6 is 11.8 Å². The van der Waals surface area contributed by atoms with Gasteiger partial charge >= 0.3 is 0 Å². The minimum Gasteiger partial charge on any atom is -0.377 e. The van der Waals surface area contributed by atoms with Gasteiger partial charge in [0.25, 0.3) is 0 Å². The number of hydrogen-bond acceptors (Lipinski definition) is 5. The van der Waals surface area contributed by atoms with E-state index in [4.69, 9.17) is 4.74 Å². The standard InChI is InChI=1S/C13H21N3OS/c1-10-8-13(15-12(14-10)9-17-3)16-5-7-18-6-4-11(16)2/h8,11H,4-7,9H2,1-3H3. The zero-order chi connectivity index (χ0) is 13.0. The van der Waals surface area contributed by atoms with E-state index in [-0.39, 0.29) is 0 Å². The maximum Gasteiger partial charge on any atom is 0.156 e. The number of methoxy groups -OCH3 is 1.